The lowest BCUT2D eigenvalue weighted by atomic mass is 10.1. The summed E-state index contributed by atoms with van der Waals surface area (Å²) < 4.78 is 1.90. The summed E-state index contributed by atoms with van der Waals surface area (Å²) in [4.78, 5) is 0. The van der Waals surface area contributed by atoms with E-state index in [1.165, 1.54) is 0 Å². The summed E-state index contributed by atoms with van der Waals surface area (Å²) >= 11 is 11.9. The maximum absolute atomic E-state index is 5.98. The van der Waals surface area contributed by atoms with Gasteiger partial charge >= 0.3 is 0 Å². The minimum absolute atomic E-state index is 0.703. The zero-order chi connectivity index (χ0) is 13.9. The first-order chi connectivity index (χ1) is 9.70. The van der Waals surface area contributed by atoms with E-state index in [0.29, 0.717) is 6.54 Å². The maximum Gasteiger partial charge on any atom is 0.0660 e. The topological polar surface area (TPSA) is 17.8 Å². The van der Waals surface area contributed by atoms with Crippen LogP contribution in [0.2, 0.25) is 10.0 Å². The van der Waals surface area contributed by atoms with Crippen molar-refractivity contribution in [2.24, 2.45) is 0 Å². The van der Waals surface area contributed by atoms with E-state index in [4.69, 9.17) is 23.2 Å². The number of halogens is 2. The van der Waals surface area contributed by atoms with Crippen LogP contribution in [0.4, 0.5) is 0 Å². The second-order valence-corrected chi connectivity index (χ2v) is 5.44. The minimum atomic E-state index is 0.703. The van der Waals surface area contributed by atoms with Crippen molar-refractivity contribution in [3.63, 3.8) is 0 Å². The van der Waals surface area contributed by atoms with Crippen LogP contribution < -0.4 is 0 Å². The Morgan fingerprint density at radius 3 is 2.45 bits per heavy atom. The Morgan fingerprint density at radius 1 is 0.900 bits per heavy atom. The monoisotopic (exact) mass is 302 g/mol. The highest BCUT2D eigenvalue weighted by atomic mass is 35.5. The van der Waals surface area contributed by atoms with Gasteiger partial charge in [0.2, 0.25) is 0 Å². The van der Waals surface area contributed by atoms with Gasteiger partial charge in [-0.05, 0) is 35.4 Å². The van der Waals surface area contributed by atoms with Crippen molar-refractivity contribution in [2.75, 3.05) is 0 Å². The van der Waals surface area contributed by atoms with Crippen molar-refractivity contribution in [3.8, 4) is 11.1 Å². The van der Waals surface area contributed by atoms with E-state index in [-0.39, 0.29) is 0 Å². The maximum atomic E-state index is 5.98. The molecule has 3 rings (SSSR count). The normalized spacial score (nSPS) is 10.7. The van der Waals surface area contributed by atoms with Crippen LogP contribution in [0.3, 0.4) is 0 Å². The molecule has 0 aliphatic carbocycles. The molecule has 0 aliphatic heterocycles. The molecule has 2 aromatic carbocycles. The Kier molecular flexibility index (Phi) is 3.77. The lowest BCUT2D eigenvalue weighted by Crippen LogP contribution is -1.99. The third kappa shape index (κ3) is 3.03. The molecule has 0 bridgehead atoms. The van der Waals surface area contributed by atoms with E-state index >= 15 is 0 Å². The first-order valence-electron chi connectivity index (χ1n) is 6.23. The Bertz CT molecular complexity index is 717. The summed E-state index contributed by atoms with van der Waals surface area (Å²) in [5.41, 5.74) is 3.30. The molecule has 0 saturated heterocycles. The van der Waals surface area contributed by atoms with Crippen LogP contribution in [-0.4, -0.2) is 9.78 Å². The predicted molar refractivity (Wildman–Crippen MR) is 83.2 cm³/mol. The van der Waals surface area contributed by atoms with Crippen LogP contribution >= 0.6 is 23.2 Å². The molecule has 0 amide bonds. The van der Waals surface area contributed by atoms with Gasteiger partial charge in [0.25, 0.3) is 0 Å². The molecule has 2 nitrogen and oxygen atoms in total. The fourth-order valence-electron chi connectivity index (χ4n) is 2.06. The second kappa shape index (κ2) is 5.70. The van der Waals surface area contributed by atoms with E-state index in [2.05, 4.69) is 5.10 Å². The molecule has 1 heterocycles. The van der Waals surface area contributed by atoms with Crippen molar-refractivity contribution in [3.05, 3.63) is 76.5 Å². The van der Waals surface area contributed by atoms with Gasteiger partial charge in [0, 0.05) is 21.8 Å². The van der Waals surface area contributed by atoms with E-state index in [1.54, 1.807) is 0 Å². The third-order valence-electron chi connectivity index (χ3n) is 3.04. The first-order valence-corrected chi connectivity index (χ1v) is 6.99. The van der Waals surface area contributed by atoms with Crippen LogP contribution in [-0.2, 0) is 6.54 Å². The van der Waals surface area contributed by atoms with E-state index in [1.807, 2.05) is 65.6 Å². The molecule has 100 valence electrons. The minimum Gasteiger partial charge on any atom is -0.268 e. The number of aromatic nitrogens is 2. The van der Waals surface area contributed by atoms with Crippen molar-refractivity contribution < 1.29 is 0 Å². The van der Waals surface area contributed by atoms with Crippen LogP contribution in [0, 0.1) is 0 Å². The smallest absolute Gasteiger partial charge is 0.0660 e. The molecule has 0 aliphatic rings. The number of rotatable bonds is 3. The van der Waals surface area contributed by atoms with Crippen LogP contribution in [0.15, 0.2) is 60.9 Å². The Morgan fingerprint density at radius 2 is 1.70 bits per heavy atom. The fourth-order valence-corrected chi connectivity index (χ4v) is 2.40. The van der Waals surface area contributed by atoms with Gasteiger partial charge in [0.05, 0.1) is 12.7 Å². The van der Waals surface area contributed by atoms with Gasteiger partial charge in [-0.2, -0.15) is 5.10 Å². The predicted octanol–water partition coefficient (Wildman–Crippen LogP) is 4.91. The fraction of sp³-hybridized carbons (Fsp3) is 0.0625. The zero-order valence-electron chi connectivity index (χ0n) is 10.6. The molecule has 1 aromatic heterocycles. The zero-order valence-corrected chi connectivity index (χ0v) is 12.1. The van der Waals surface area contributed by atoms with Gasteiger partial charge in [-0.1, -0.05) is 47.5 Å². The average Bonchev–Trinajstić information content (AvgIpc) is 2.88. The Hall–Kier alpha value is -1.77. The second-order valence-electron chi connectivity index (χ2n) is 4.56. The Balaban J connectivity index is 1.82. The highest BCUT2D eigenvalue weighted by Crippen LogP contribution is 2.21. The molecule has 0 unspecified atom stereocenters. The molecular weight excluding hydrogens is 291 g/mol. The molecule has 0 N–H and O–H groups in total. The van der Waals surface area contributed by atoms with E-state index < -0.39 is 0 Å². The summed E-state index contributed by atoms with van der Waals surface area (Å²) in [7, 11) is 0. The number of benzene rings is 2. The van der Waals surface area contributed by atoms with E-state index in [0.717, 1.165) is 26.7 Å². The highest BCUT2D eigenvalue weighted by Gasteiger charge is 2.03. The van der Waals surface area contributed by atoms with Crippen molar-refractivity contribution >= 4 is 23.2 Å². The van der Waals surface area contributed by atoms with Crippen molar-refractivity contribution in [1.82, 2.24) is 9.78 Å². The standard InChI is InChI=1S/C16H12Cl2N2/c17-15-6-4-13(5-7-15)14-9-19-20(11-14)10-12-2-1-3-16(18)8-12/h1-9,11H,10H2. The molecule has 0 atom stereocenters. The van der Waals surface area contributed by atoms with Gasteiger partial charge in [0.1, 0.15) is 0 Å². The van der Waals surface area contributed by atoms with Gasteiger partial charge < -0.3 is 0 Å². The van der Waals surface area contributed by atoms with Crippen molar-refractivity contribution in [1.29, 1.82) is 0 Å². The van der Waals surface area contributed by atoms with Crippen LogP contribution in [0.1, 0.15) is 5.56 Å². The molecule has 20 heavy (non-hydrogen) atoms. The molecular formula is C16H12Cl2N2. The summed E-state index contributed by atoms with van der Waals surface area (Å²) in [6, 6.07) is 15.5. The van der Waals surface area contributed by atoms with Gasteiger partial charge in [0.15, 0.2) is 0 Å². The summed E-state index contributed by atoms with van der Waals surface area (Å²) in [5.74, 6) is 0. The molecule has 0 radical (unpaired) electrons. The average molecular weight is 303 g/mol. The Labute approximate surface area is 127 Å². The molecule has 0 spiro atoms. The van der Waals surface area contributed by atoms with E-state index in [9.17, 15) is 0 Å². The summed E-state index contributed by atoms with van der Waals surface area (Å²) in [6.07, 6.45) is 3.87. The lowest BCUT2D eigenvalue weighted by Gasteiger charge is -2.02. The molecule has 4 heteroatoms. The van der Waals surface area contributed by atoms with Crippen LogP contribution in [0.25, 0.3) is 11.1 Å². The molecule has 3 aromatic rings. The number of nitrogens with zero attached hydrogens (tertiary/aromatic N) is 2. The van der Waals surface area contributed by atoms with Gasteiger partial charge in [-0.15, -0.1) is 0 Å². The SMILES string of the molecule is Clc1ccc(-c2cnn(Cc3cccc(Cl)c3)c2)cc1. The third-order valence-corrected chi connectivity index (χ3v) is 3.53. The highest BCUT2D eigenvalue weighted by molar-refractivity contribution is 6.30. The summed E-state index contributed by atoms with van der Waals surface area (Å²) in [5, 5.41) is 5.86. The molecule has 0 fully saturated rings. The largest absolute Gasteiger partial charge is 0.268 e. The van der Waals surface area contributed by atoms with Gasteiger partial charge in [-0.25, -0.2) is 0 Å². The summed E-state index contributed by atoms with van der Waals surface area (Å²) in [6.45, 7) is 0.703. The quantitative estimate of drug-likeness (QED) is 0.672. The first kappa shape index (κ1) is 13.2. The molecule has 0 saturated carbocycles. The van der Waals surface area contributed by atoms with Gasteiger partial charge in [-0.3, -0.25) is 4.68 Å². The lowest BCUT2D eigenvalue weighted by molar-refractivity contribution is 0.687. The number of hydrogen-bond donors (Lipinski definition) is 0. The number of hydrogen-bond acceptors (Lipinski definition) is 1. The van der Waals surface area contributed by atoms with Crippen molar-refractivity contribution in [2.45, 2.75) is 6.54 Å². The van der Waals surface area contributed by atoms with Crippen LogP contribution in [0.5, 0.6) is 0 Å².